The Bertz CT molecular complexity index is 3330. The predicted octanol–water partition coefficient (Wildman–Crippen LogP) is 14.4. The molecular formula is C56H36N4. The molecule has 0 unspecified atom stereocenters. The number of fused-ring (bicyclic) bond motifs is 5. The van der Waals surface area contributed by atoms with Crippen molar-refractivity contribution in [2.24, 2.45) is 0 Å². The van der Waals surface area contributed by atoms with Crippen molar-refractivity contribution < 1.29 is 0 Å². The van der Waals surface area contributed by atoms with E-state index < -0.39 is 0 Å². The largest absolute Gasteiger partial charge is 0.246 e. The second-order valence-electron chi connectivity index (χ2n) is 15.0. The first-order valence-corrected chi connectivity index (χ1v) is 20.2. The maximum absolute atomic E-state index is 5.32. The van der Waals surface area contributed by atoms with E-state index in [4.69, 9.17) is 19.9 Å². The second kappa shape index (κ2) is 15.0. The minimum atomic E-state index is 0.631. The molecule has 0 spiro atoms. The molecule has 0 aliphatic carbocycles. The Morgan fingerprint density at radius 2 is 0.633 bits per heavy atom. The van der Waals surface area contributed by atoms with Gasteiger partial charge in [0.1, 0.15) is 0 Å². The molecule has 4 heteroatoms. The van der Waals surface area contributed by atoms with Crippen LogP contribution < -0.4 is 0 Å². The molecule has 9 aromatic carbocycles. The van der Waals surface area contributed by atoms with E-state index in [9.17, 15) is 0 Å². The lowest BCUT2D eigenvalue weighted by Crippen LogP contribution is -2.00. The lowest BCUT2D eigenvalue weighted by Gasteiger charge is -2.12. The first-order chi connectivity index (χ1) is 29.7. The molecule has 0 aliphatic heterocycles. The highest BCUT2D eigenvalue weighted by molar-refractivity contribution is 6.18. The monoisotopic (exact) mass is 764 g/mol. The van der Waals surface area contributed by atoms with Gasteiger partial charge in [-0.1, -0.05) is 212 Å². The van der Waals surface area contributed by atoms with Gasteiger partial charge in [-0.3, -0.25) is 0 Å². The summed E-state index contributed by atoms with van der Waals surface area (Å²) in [5.74, 6) is 1.91. The van der Waals surface area contributed by atoms with E-state index in [1.165, 1.54) is 27.1 Å². The van der Waals surface area contributed by atoms with E-state index in [-0.39, 0.29) is 0 Å². The Hall–Kier alpha value is -8.08. The van der Waals surface area contributed by atoms with Crippen molar-refractivity contribution in [3.8, 4) is 78.8 Å². The van der Waals surface area contributed by atoms with Crippen LogP contribution in [0.3, 0.4) is 0 Å². The third-order valence-corrected chi connectivity index (χ3v) is 11.3. The zero-order valence-corrected chi connectivity index (χ0v) is 32.6. The molecule has 0 N–H and O–H groups in total. The molecule has 0 amide bonds. The van der Waals surface area contributed by atoms with Gasteiger partial charge in [0.25, 0.3) is 0 Å². The summed E-state index contributed by atoms with van der Waals surface area (Å²) in [5.41, 5.74) is 12.8. The molecule has 60 heavy (non-hydrogen) atoms. The normalized spacial score (nSPS) is 11.3. The zero-order chi connectivity index (χ0) is 39.8. The molecular weight excluding hydrogens is 729 g/mol. The predicted molar refractivity (Wildman–Crippen MR) is 248 cm³/mol. The van der Waals surface area contributed by atoms with Crippen LogP contribution in [0, 0.1) is 0 Å². The second-order valence-corrected chi connectivity index (χ2v) is 15.0. The van der Waals surface area contributed by atoms with Crippen LogP contribution in [-0.4, -0.2) is 19.9 Å². The summed E-state index contributed by atoms with van der Waals surface area (Å²) in [4.78, 5) is 20.3. The number of aromatic nitrogens is 4. The Morgan fingerprint density at radius 3 is 1.27 bits per heavy atom. The van der Waals surface area contributed by atoms with Crippen LogP contribution in [0.2, 0.25) is 0 Å². The molecule has 0 fully saturated rings. The van der Waals surface area contributed by atoms with Crippen LogP contribution in [0.15, 0.2) is 218 Å². The van der Waals surface area contributed by atoms with Gasteiger partial charge >= 0.3 is 0 Å². The smallest absolute Gasteiger partial charge is 0.164 e. The van der Waals surface area contributed by atoms with E-state index >= 15 is 0 Å². The van der Waals surface area contributed by atoms with E-state index in [2.05, 4.69) is 182 Å². The highest BCUT2D eigenvalue weighted by Gasteiger charge is 2.15. The van der Waals surface area contributed by atoms with Crippen molar-refractivity contribution in [1.29, 1.82) is 0 Å². The molecule has 0 atom stereocenters. The minimum Gasteiger partial charge on any atom is -0.246 e. The van der Waals surface area contributed by atoms with Gasteiger partial charge < -0.3 is 0 Å². The quantitative estimate of drug-likeness (QED) is 0.152. The van der Waals surface area contributed by atoms with Crippen LogP contribution in [0.5, 0.6) is 0 Å². The lowest BCUT2D eigenvalue weighted by molar-refractivity contribution is 1.07. The lowest BCUT2D eigenvalue weighted by atomic mass is 9.95. The number of hydrogen-bond donors (Lipinski definition) is 0. The highest BCUT2D eigenvalue weighted by atomic mass is 15.0. The molecule has 0 radical (unpaired) electrons. The maximum Gasteiger partial charge on any atom is 0.164 e. The Labute approximate surface area is 348 Å². The van der Waals surface area contributed by atoms with E-state index in [1.54, 1.807) is 0 Å². The fourth-order valence-electron chi connectivity index (χ4n) is 8.22. The molecule has 0 saturated carbocycles. The standard InChI is InChI=1S/C56H36N4/c1-3-12-37(13-4-1)38-28-32-45(33-29-38)55-58-54(44-15-5-2-6-16-44)59-56(60-55)47-18-11-17-46(36-47)41-24-22-39(23-25-41)40-26-30-43(31-27-40)52-50-21-10-9-20-49(50)51-35-34-42-14-7-8-19-48(42)53(51)57-52/h1-36H. The fourth-order valence-corrected chi connectivity index (χ4v) is 8.22. The summed E-state index contributed by atoms with van der Waals surface area (Å²) in [7, 11) is 0. The van der Waals surface area contributed by atoms with Crippen LogP contribution in [0.4, 0.5) is 0 Å². The molecule has 4 nitrogen and oxygen atoms in total. The minimum absolute atomic E-state index is 0.631. The number of nitrogens with zero attached hydrogens (tertiary/aromatic N) is 4. The highest BCUT2D eigenvalue weighted by Crippen LogP contribution is 2.37. The molecule has 0 saturated heterocycles. The summed E-state index contributed by atoms with van der Waals surface area (Å²) in [5, 5.41) is 5.91. The van der Waals surface area contributed by atoms with Gasteiger partial charge in [0.15, 0.2) is 17.5 Å². The van der Waals surface area contributed by atoms with Crippen molar-refractivity contribution in [2.75, 3.05) is 0 Å². The van der Waals surface area contributed by atoms with Gasteiger partial charge in [-0.2, -0.15) is 0 Å². The SMILES string of the molecule is c1ccc(-c2ccc(-c3nc(-c4ccccc4)nc(-c4cccc(-c5ccc(-c6ccc(-c7nc8c9ccccc9ccc8c8ccccc78)cc6)cc5)c4)n3)cc2)cc1. The van der Waals surface area contributed by atoms with Crippen molar-refractivity contribution >= 4 is 32.4 Å². The average Bonchev–Trinajstić information content (AvgIpc) is 3.34. The third kappa shape index (κ3) is 6.56. The number of pyridine rings is 1. The van der Waals surface area contributed by atoms with Crippen molar-refractivity contribution in [1.82, 2.24) is 19.9 Å². The summed E-state index contributed by atoms with van der Waals surface area (Å²) < 4.78 is 0. The topological polar surface area (TPSA) is 51.6 Å². The van der Waals surface area contributed by atoms with E-state index in [0.717, 1.165) is 66.7 Å². The van der Waals surface area contributed by atoms with E-state index in [1.807, 2.05) is 36.4 Å². The van der Waals surface area contributed by atoms with Crippen LogP contribution in [0.1, 0.15) is 0 Å². The van der Waals surface area contributed by atoms with Gasteiger partial charge in [0.2, 0.25) is 0 Å². The number of rotatable bonds is 7. The molecule has 2 aromatic heterocycles. The Balaban J connectivity index is 0.901. The van der Waals surface area contributed by atoms with Crippen LogP contribution in [-0.2, 0) is 0 Å². The molecule has 2 heterocycles. The average molecular weight is 765 g/mol. The third-order valence-electron chi connectivity index (χ3n) is 11.3. The van der Waals surface area contributed by atoms with Crippen LogP contribution >= 0.6 is 0 Å². The van der Waals surface area contributed by atoms with E-state index in [0.29, 0.717) is 17.5 Å². The fraction of sp³-hybridized carbons (Fsp3) is 0. The number of hydrogen-bond acceptors (Lipinski definition) is 4. The first-order valence-electron chi connectivity index (χ1n) is 20.2. The van der Waals surface area contributed by atoms with Gasteiger partial charge in [-0.05, 0) is 50.2 Å². The molecule has 11 rings (SSSR count). The van der Waals surface area contributed by atoms with Crippen molar-refractivity contribution in [3.05, 3.63) is 218 Å². The molecule has 0 bridgehead atoms. The van der Waals surface area contributed by atoms with Crippen molar-refractivity contribution in [3.63, 3.8) is 0 Å². The van der Waals surface area contributed by atoms with Gasteiger partial charge in [0, 0.05) is 38.4 Å². The Morgan fingerprint density at radius 1 is 0.217 bits per heavy atom. The van der Waals surface area contributed by atoms with Gasteiger partial charge in [0.05, 0.1) is 11.2 Å². The molecule has 11 aromatic rings. The van der Waals surface area contributed by atoms with Crippen LogP contribution in [0.25, 0.3) is 111 Å². The zero-order valence-electron chi connectivity index (χ0n) is 32.6. The molecule has 280 valence electrons. The summed E-state index contributed by atoms with van der Waals surface area (Å²) in [6.45, 7) is 0. The maximum atomic E-state index is 5.32. The van der Waals surface area contributed by atoms with Crippen molar-refractivity contribution in [2.45, 2.75) is 0 Å². The molecule has 0 aliphatic rings. The first kappa shape index (κ1) is 35.1. The summed E-state index contributed by atoms with van der Waals surface area (Å²) in [6, 6.07) is 76.4. The summed E-state index contributed by atoms with van der Waals surface area (Å²) in [6.07, 6.45) is 0. The Kier molecular flexibility index (Phi) is 8.79. The van der Waals surface area contributed by atoms with Gasteiger partial charge in [-0.15, -0.1) is 0 Å². The summed E-state index contributed by atoms with van der Waals surface area (Å²) >= 11 is 0. The van der Waals surface area contributed by atoms with Gasteiger partial charge in [-0.25, -0.2) is 19.9 Å². The number of benzene rings is 9.